The highest BCUT2D eigenvalue weighted by atomic mass is 16.5. The molecule has 31 heavy (non-hydrogen) atoms. The van der Waals surface area contributed by atoms with Crippen molar-refractivity contribution in [3.05, 3.63) is 48.0 Å². The lowest BCUT2D eigenvalue weighted by Crippen LogP contribution is -2.24. The van der Waals surface area contributed by atoms with Crippen LogP contribution in [0.5, 0.6) is 11.5 Å². The maximum atomic E-state index is 12.1. The van der Waals surface area contributed by atoms with E-state index in [0.717, 1.165) is 17.7 Å². The molecule has 8 nitrogen and oxygen atoms in total. The van der Waals surface area contributed by atoms with E-state index in [1.807, 2.05) is 12.1 Å². The van der Waals surface area contributed by atoms with Gasteiger partial charge >= 0.3 is 5.97 Å². The highest BCUT2D eigenvalue weighted by Crippen LogP contribution is 2.28. The van der Waals surface area contributed by atoms with Crippen LogP contribution in [0.1, 0.15) is 24.8 Å². The van der Waals surface area contributed by atoms with Crippen LogP contribution >= 0.6 is 0 Å². The first-order valence-corrected chi connectivity index (χ1v) is 10.1. The van der Waals surface area contributed by atoms with E-state index in [0.29, 0.717) is 36.6 Å². The van der Waals surface area contributed by atoms with Crippen molar-refractivity contribution in [2.45, 2.75) is 25.7 Å². The van der Waals surface area contributed by atoms with Gasteiger partial charge in [-0.25, -0.2) is 0 Å². The van der Waals surface area contributed by atoms with Gasteiger partial charge in [0.1, 0.15) is 0 Å². The molecular formula is C23H26N2O6. The van der Waals surface area contributed by atoms with Crippen molar-refractivity contribution in [2.24, 2.45) is 0 Å². The first-order valence-electron chi connectivity index (χ1n) is 10.1. The summed E-state index contributed by atoms with van der Waals surface area (Å²) in [5.74, 6) is 0.367. The molecule has 0 spiro atoms. The molecule has 2 aromatic rings. The van der Waals surface area contributed by atoms with E-state index in [1.165, 1.54) is 0 Å². The number of esters is 1. The average Bonchev–Trinajstić information content (AvgIpc) is 3.22. The Balaban J connectivity index is 1.45. The Kier molecular flexibility index (Phi) is 7.48. The van der Waals surface area contributed by atoms with Crippen LogP contribution in [0.2, 0.25) is 0 Å². The zero-order valence-electron chi connectivity index (χ0n) is 17.7. The van der Waals surface area contributed by atoms with Crippen molar-refractivity contribution in [1.82, 2.24) is 0 Å². The predicted molar refractivity (Wildman–Crippen MR) is 115 cm³/mol. The molecule has 1 N–H and O–H groups in total. The molecule has 1 aliphatic rings. The lowest BCUT2D eigenvalue weighted by Gasteiger charge is -2.16. The summed E-state index contributed by atoms with van der Waals surface area (Å²) in [5, 5.41) is 2.69. The molecule has 0 aromatic heterocycles. The molecule has 0 saturated carbocycles. The van der Waals surface area contributed by atoms with Gasteiger partial charge in [0.05, 0.1) is 14.2 Å². The Labute approximate surface area is 181 Å². The van der Waals surface area contributed by atoms with Crippen LogP contribution in [0.4, 0.5) is 11.4 Å². The van der Waals surface area contributed by atoms with Gasteiger partial charge < -0.3 is 24.4 Å². The van der Waals surface area contributed by atoms with Crippen molar-refractivity contribution < 1.29 is 28.6 Å². The third kappa shape index (κ3) is 5.97. The third-order valence-electron chi connectivity index (χ3n) is 4.95. The zero-order valence-corrected chi connectivity index (χ0v) is 17.7. The van der Waals surface area contributed by atoms with Crippen LogP contribution in [0.25, 0.3) is 0 Å². The maximum Gasteiger partial charge on any atom is 0.306 e. The zero-order chi connectivity index (χ0) is 22.2. The van der Waals surface area contributed by atoms with Crippen molar-refractivity contribution in [1.29, 1.82) is 0 Å². The van der Waals surface area contributed by atoms with Gasteiger partial charge in [-0.15, -0.1) is 0 Å². The number of hydrogen-bond acceptors (Lipinski definition) is 6. The predicted octanol–water partition coefficient (Wildman–Crippen LogP) is 2.95. The number of aryl methyl sites for hydroxylation is 1. The van der Waals surface area contributed by atoms with Crippen molar-refractivity contribution in [3.63, 3.8) is 0 Å². The number of benzene rings is 2. The number of nitrogens with one attached hydrogen (secondary N) is 1. The number of carbonyl (C=O) groups is 3. The molecule has 0 aliphatic carbocycles. The molecule has 0 bridgehead atoms. The monoisotopic (exact) mass is 426 g/mol. The highest BCUT2D eigenvalue weighted by Gasteiger charge is 2.21. The number of anilines is 2. The minimum absolute atomic E-state index is 0.0758. The second kappa shape index (κ2) is 10.5. The average molecular weight is 426 g/mol. The third-order valence-corrected chi connectivity index (χ3v) is 4.95. The van der Waals surface area contributed by atoms with Gasteiger partial charge in [0.15, 0.2) is 18.1 Å². The molecule has 1 aliphatic heterocycles. The van der Waals surface area contributed by atoms with E-state index in [2.05, 4.69) is 5.32 Å². The molecule has 1 heterocycles. The lowest BCUT2D eigenvalue weighted by atomic mass is 10.1. The van der Waals surface area contributed by atoms with E-state index in [4.69, 9.17) is 14.2 Å². The van der Waals surface area contributed by atoms with E-state index >= 15 is 0 Å². The Bertz CT molecular complexity index is 959. The number of hydrogen-bond donors (Lipinski definition) is 1. The number of nitrogens with zero attached hydrogens (tertiary/aromatic N) is 1. The SMILES string of the molecule is COc1ccc(CCC(=O)OCC(=O)Nc2cccc(N3CCCC3=O)c2)cc1OC. The van der Waals surface area contributed by atoms with Crippen LogP contribution in [0.3, 0.4) is 0 Å². The van der Waals surface area contributed by atoms with Crippen molar-refractivity contribution in [2.75, 3.05) is 37.6 Å². The molecule has 0 radical (unpaired) electrons. The van der Waals surface area contributed by atoms with Crippen molar-refractivity contribution >= 4 is 29.2 Å². The Hall–Kier alpha value is -3.55. The van der Waals surface area contributed by atoms with E-state index in [9.17, 15) is 14.4 Å². The van der Waals surface area contributed by atoms with Gasteiger partial charge in [-0.3, -0.25) is 14.4 Å². The van der Waals surface area contributed by atoms with Gasteiger partial charge in [-0.2, -0.15) is 0 Å². The molecular weight excluding hydrogens is 400 g/mol. The summed E-state index contributed by atoms with van der Waals surface area (Å²) in [6.07, 6.45) is 1.95. The quantitative estimate of drug-likeness (QED) is 0.620. The van der Waals surface area contributed by atoms with E-state index in [1.54, 1.807) is 49.5 Å². The highest BCUT2D eigenvalue weighted by molar-refractivity contribution is 5.97. The Morgan fingerprint density at radius 3 is 2.58 bits per heavy atom. The summed E-state index contributed by atoms with van der Waals surface area (Å²) in [7, 11) is 3.11. The van der Waals surface area contributed by atoms with Crippen LogP contribution in [0.15, 0.2) is 42.5 Å². The molecule has 164 valence electrons. The van der Waals surface area contributed by atoms with Gasteiger partial charge in [-0.05, 0) is 48.7 Å². The summed E-state index contributed by atoms with van der Waals surface area (Å²) >= 11 is 0. The smallest absolute Gasteiger partial charge is 0.306 e. The number of rotatable bonds is 9. The number of carbonyl (C=O) groups excluding carboxylic acids is 3. The molecule has 2 amide bonds. The number of ether oxygens (including phenoxy) is 3. The molecule has 1 fully saturated rings. The van der Waals surface area contributed by atoms with Crippen molar-refractivity contribution in [3.8, 4) is 11.5 Å². The Morgan fingerprint density at radius 1 is 1.06 bits per heavy atom. The first-order chi connectivity index (χ1) is 15.0. The van der Waals surface area contributed by atoms with Gasteiger partial charge in [-0.1, -0.05) is 12.1 Å². The van der Waals surface area contributed by atoms with Crippen LogP contribution in [-0.2, 0) is 25.5 Å². The summed E-state index contributed by atoms with van der Waals surface area (Å²) in [4.78, 5) is 37.7. The van der Waals surface area contributed by atoms with E-state index in [-0.39, 0.29) is 18.9 Å². The molecule has 0 atom stereocenters. The molecule has 1 saturated heterocycles. The summed E-state index contributed by atoms with van der Waals surface area (Å²) < 4.78 is 15.5. The largest absolute Gasteiger partial charge is 0.493 e. The number of methoxy groups -OCH3 is 2. The molecule has 3 rings (SSSR count). The van der Waals surface area contributed by atoms with Crippen LogP contribution < -0.4 is 19.7 Å². The fraction of sp³-hybridized carbons (Fsp3) is 0.348. The summed E-state index contributed by atoms with van der Waals surface area (Å²) in [6.45, 7) is 0.297. The minimum Gasteiger partial charge on any atom is -0.493 e. The van der Waals surface area contributed by atoms with E-state index < -0.39 is 11.9 Å². The second-order valence-corrected chi connectivity index (χ2v) is 7.10. The maximum absolute atomic E-state index is 12.1. The second-order valence-electron chi connectivity index (χ2n) is 7.10. The summed E-state index contributed by atoms with van der Waals surface area (Å²) in [5.41, 5.74) is 2.18. The lowest BCUT2D eigenvalue weighted by molar-refractivity contribution is -0.147. The minimum atomic E-state index is -0.471. The van der Waals surface area contributed by atoms with Crippen LogP contribution in [0, 0.1) is 0 Å². The normalized spacial score (nSPS) is 13.1. The summed E-state index contributed by atoms with van der Waals surface area (Å²) in [6, 6.07) is 12.5. The molecule has 2 aromatic carbocycles. The standard InChI is InChI=1S/C23H26N2O6/c1-29-19-10-8-16(13-20(19)30-2)9-11-23(28)31-15-21(26)24-17-5-3-6-18(14-17)25-12-4-7-22(25)27/h3,5-6,8,10,13-14H,4,7,9,11-12,15H2,1-2H3,(H,24,26). The van der Waals surface area contributed by atoms with Gasteiger partial charge in [0.2, 0.25) is 5.91 Å². The first kappa shape index (κ1) is 22.1. The van der Waals surface area contributed by atoms with Gasteiger partial charge in [0, 0.05) is 30.8 Å². The fourth-order valence-electron chi connectivity index (χ4n) is 3.37. The Morgan fingerprint density at radius 2 is 1.87 bits per heavy atom. The molecule has 0 unspecified atom stereocenters. The fourth-order valence-corrected chi connectivity index (χ4v) is 3.37. The topological polar surface area (TPSA) is 94.2 Å². The van der Waals surface area contributed by atoms with Gasteiger partial charge in [0.25, 0.3) is 5.91 Å². The number of amides is 2. The molecule has 8 heteroatoms. The van der Waals surface area contributed by atoms with Crippen LogP contribution in [-0.4, -0.2) is 45.2 Å².